The molecule has 1 atom stereocenters. The maximum absolute atomic E-state index is 12.6. The summed E-state index contributed by atoms with van der Waals surface area (Å²) in [5.41, 5.74) is 1.79. The summed E-state index contributed by atoms with van der Waals surface area (Å²) in [4.78, 5) is 18.9. The number of fused-ring (bicyclic) bond motifs is 1. The van der Waals surface area contributed by atoms with Crippen molar-refractivity contribution in [2.45, 2.75) is 25.8 Å². The van der Waals surface area contributed by atoms with E-state index < -0.39 is 0 Å². The molecular weight excluding hydrogens is 386 g/mol. The molecule has 0 spiro atoms. The van der Waals surface area contributed by atoms with Gasteiger partial charge in [0.05, 0.1) is 6.61 Å². The Kier molecular flexibility index (Phi) is 4.74. The molecule has 0 N–H and O–H groups in total. The van der Waals surface area contributed by atoms with Crippen LogP contribution in [0.3, 0.4) is 0 Å². The van der Waals surface area contributed by atoms with Crippen molar-refractivity contribution < 1.29 is 23.5 Å². The van der Waals surface area contributed by atoms with E-state index in [9.17, 15) is 4.79 Å². The Balaban J connectivity index is 1.28. The Morgan fingerprint density at radius 2 is 2.07 bits per heavy atom. The lowest BCUT2D eigenvalue weighted by atomic mass is 10.1. The second kappa shape index (κ2) is 7.70. The summed E-state index contributed by atoms with van der Waals surface area (Å²) in [6.07, 6.45) is 0.366. The molecule has 0 radical (unpaired) electrons. The van der Waals surface area contributed by atoms with Crippen LogP contribution in [0.4, 0.5) is 0 Å². The standard InChI is InChI=1S/C22H21N3O5/c1-2-27-17-5-3-4-14(8-17)11-25-12-16(10-20(25)26)21-23-22(30-24-21)15-6-7-18-19(9-15)29-13-28-18/h3-9,16H,2,10-13H2,1H3. The highest BCUT2D eigenvalue weighted by Gasteiger charge is 2.34. The van der Waals surface area contributed by atoms with E-state index in [1.165, 1.54) is 0 Å². The topological polar surface area (TPSA) is 86.9 Å². The third-order valence-electron chi connectivity index (χ3n) is 5.22. The first-order valence-electron chi connectivity index (χ1n) is 9.92. The normalized spacial score (nSPS) is 17.6. The summed E-state index contributed by atoms with van der Waals surface area (Å²) in [5, 5.41) is 4.13. The van der Waals surface area contributed by atoms with Crippen molar-refractivity contribution >= 4 is 5.91 Å². The molecule has 1 unspecified atom stereocenters. The first-order valence-corrected chi connectivity index (χ1v) is 9.92. The number of nitrogens with zero attached hydrogens (tertiary/aromatic N) is 3. The molecule has 0 saturated carbocycles. The zero-order chi connectivity index (χ0) is 20.5. The fourth-order valence-corrected chi connectivity index (χ4v) is 3.77. The first kappa shape index (κ1) is 18.5. The van der Waals surface area contributed by atoms with Crippen molar-refractivity contribution in [2.75, 3.05) is 19.9 Å². The molecule has 154 valence electrons. The van der Waals surface area contributed by atoms with Crippen LogP contribution < -0.4 is 14.2 Å². The molecule has 0 bridgehead atoms. The molecule has 2 aromatic carbocycles. The van der Waals surface area contributed by atoms with E-state index in [2.05, 4.69) is 10.1 Å². The lowest BCUT2D eigenvalue weighted by Gasteiger charge is -2.16. The molecule has 5 rings (SSSR count). The van der Waals surface area contributed by atoms with Gasteiger partial charge in [-0.25, -0.2) is 0 Å². The SMILES string of the molecule is CCOc1cccc(CN2CC(c3noc(-c4ccc5c(c4)OCO5)n3)CC2=O)c1. The summed E-state index contributed by atoms with van der Waals surface area (Å²) in [6, 6.07) is 13.3. The molecule has 2 aliphatic rings. The quantitative estimate of drug-likeness (QED) is 0.619. The molecule has 1 saturated heterocycles. The summed E-state index contributed by atoms with van der Waals surface area (Å²) in [5.74, 6) is 3.09. The van der Waals surface area contributed by atoms with E-state index in [0.29, 0.717) is 49.3 Å². The average molecular weight is 407 g/mol. The van der Waals surface area contributed by atoms with Crippen LogP contribution in [0.15, 0.2) is 47.0 Å². The van der Waals surface area contributed by atoms with Crippen LogP contribution in [0.2, 0.25) is 0 Å². The lowest BCUT2D eigenvalue weighted by molar-refractivity contribution is -0.128. The van der Waals surface area contributed by atoms with Crippen LogP contribution in [0.1, 0.15) is 30.7 Å². The van der Waals surface area contributed by atoms with Crippen molar-refractivity contribution in [3.63, 3.8) is 0 Å². The molecule has 3 heterocycles. The number of rotatable bonds is 6. The van der Waals surface area contributed by atoms with E-state index in [1.54, 1.807) is 0 Å². The van der Waals surface area contributed by atoms with Gasteiger partial charge in [0, 0.05) is 31.0 Å². The number of carbonyl (C=O) groups excluding carboxylic acids is 1. The molecule has 1 aromatic heterocycles. The highest BCUT2D eigenvalue weighted by molar-refractivity contribution is 5.79. The number of ether oxygens (including phenoxy) is 3. The number of hydrogen-bond acceptors (Lipinski definition) is 7. The monoisotopic (exact) mass is 407 g/mol. The van der Waals surface area contributed by atoms with E-state index in [1.807, 2.05) is 54.3 Å². The van der Waals surface area contributed by atoms with Gasteiger partial charge in [0.25, 0.3) is 5.89 Å². The summed E-state index contributed by atoms with van der Waals surface area (Å²) < 4.78 is 21.7. The van der Waals surface area contributed by atoms with Gasteiger partial charge >= 0.3 is 0 Å². The number of benzene rings is 2. The fraction of sp³-hybridized carbons (Fsp3) is 0.318. The van der Waals surface area contributed by atoms with Crippen LogP contribution >= 0.6 is 0 Å². The Hall–Kier alpha value is -3.55. The van der Waals surface area contributed by atoms with E-state index in [4.69, 9.17) is 18.7 Å². The van der Waals surface area contributed by atoms with Crippen molar-refractivity contribution in [1.29, 1.82) is 0 Å². The molecule has 8 nitrogen and oxygen atoms in total. The van der Waals surface area contributed by atoms with E-state index in [0.717, 1.165) is 16.9 Å². The predicted molar refractivity (Wildman–Crippen MR) is 106 cm³/mol. The van der Waals surface area contributed by atoms with Gasteiger partial charge in [0.1, 0.15) is 5.75 Å². The Morgan fingerprint density at radius 3 is 2.97 bits per heavy atom. The minimum Gasteiger partial charge on any atom is -0.494 e. The molecule has 30 heavy (non-hydrogen) atoms. The lowest BCUT2D eigenvalue weighted by Crippen LogP contribution is -2.24. The van der Waals surface area contributed by atoms with Gasteiger partial charge in [0.2, 0.25) is 12.7 Å². The molecule has 1 fully saturated rings. The van der Waals surface area contributed by atoms with Gasteiger partial charge in [0.15, 0.2) is 17.3 Å². The summed E-state index contributed by atoms with van der Waals surface area (Å²) in [6.45, 7) is 3.85. The van der Waals surface area contributed by atoms with Gasteiger partial charge in [-0.05, 0) is 42.8 Å². The van der Waals surface area contributed by atoms with Crippen molar-refractivity contribution in [2.24, 2.45) is 0 Å². The maximum atomic E-state index is 12.6. The average Bonchev–Trinajstić information content (AvgIpc) is 3.48. The summed E-state index contributed by atoms with van der Waals surface area (Å²) >= 11 is 0. The number of amides is 1. The van der Waals surface area contributed by atoms with Crippen LogP contribution in [-0.2, 0) is 11.3 Å². The highest BCUT2D eigenvalue weighted by atomic mass is 16.7. The third kappa shape index (κ3) is 3.56. The molecule has 3 aromatic rings. The highest BCUT2D eigenvalue weighted by Crippen LogP contribution is 2.36. The molecule has 2 aliphatic heterocycles. The second-order valence-electron chi connectivity index (χ2n) is 7.28. The zero-order valence-corrected chi connectivity index (χ0v) is 16.5. The zero-order valence-electron chi connectivity index (χ0n) is 16.5. The predicted octanol–water partition coefficient (Wildman–Crippen LogP) is 3.38. The second-order valence-corrected chi connectivity index (χ2v) is 7.28. The first-order chi connectivity index (χ1) is 14.7. The van der Waals surface area contributed by atoms with Crippen LogP contribution in [0.25, 0.3) is 11.5 Å². The van der Waals surface area contributed by atoms with Gasteiger partial charge < -0.3 is 23.6 Å². The van der Waals surface area contributed by atoms with Crippen LogP contribution in [0.5, 0.6) is 17.2 Å². The van der Waals surface area contributed by atoms with Crippen molar-refractivity contribution in [3.05, 3.63) is 53.9 Å². The van der Waals surface area contributed by atoms with Crippen LogP contribution in [0, 0.1) is 0 Å². The number of aromatic nitrogens is 2. The fourth-order valence-electron chi connectivity index (χ4n) is 3.77. The number of carbonyl (C=O) groups is 1. The molecule has 8 heteroatoms. The minimum atomic E-state index is -0.0981. The van der Waals surface area contributed by atoms with E-state index >= 15 is 0 Å². The number of hydrogen-bond donors (Lipinski definition) is 0. The largest absolute Gasteiger partial charge is 0.494 e. The van der Waals surface area contributed by atoms with Gasteiger partial charge in [-0.3, -0.25) is 4.79 Å². The van der Waals surface area contributed by atoms with Gasteiger partial charge in [-0.2, -0.15) is 4.98 Å². The van der Waals surface area contributed by atoms with E-state index in [-0.39, 0.29) is 18.6 Å². The Labute approximate surface area is 173 Å². The molecular formula is C22H21N3O5. The molecule has 0 aliphatic carbocycles. The van der Waals surface area contributed by atoms with Crippen molar-refractivity contribution in [3.8, 4) is 28.7 Å². The Morgan fingerprint density at radius 1 is 1.17 bits per heavy atom. The molecule has 1 amide bonds. The van der Waals surface area contributed by atoms with Crippen LogP contribution in [-0.4, -0.2) is 40.9 Å². The van der Waals surface area contributed by atoms with Crippen molar-refractivity contribution in [1.82, 2.24) is 15.0 Å². The minimum absolute atomic E-state index is 0.0799. The number of likely N-dealkylation sites (tertiary alicyclic amines) is 1. The Bertz CT molecular complexity index is 1080. The van der Waals surface area contributed by atoms with Gasteiger partial charge in [-0.15, -0.1) is 0 Å². The van der Waals surface area contributed by atoms with Gasteiger partial charge in [-0.1, -0.05) is 17.3 Å². The maximum Gasteiger partial charge on any atom is 0.258 e. The smallest absolute Gasteiger partial charge is 0.258 e. The summed E-state index contributed by atoms with van der Waals surface area (Å²) in [7, 11) is 0. The third-order valence-corrected chi connectivity index (χ3v) is 5.22.